The molecular weight excluding hydrogens is 493 g/mol. The molecule has 37 heavy (non-hydrogen) atoms. The Labute approximate surface area is 210 Å². The van der Waals surface area contributed by atoms with Gasteiger partial charge in [-0.05, 0) is 30.7 Å². The predicted molar refractivity (Wildman–Crippen MR) is 127 cm³/mol. The van der Waals surface area contributed by atoms with Crippen molar-refractivity contribution in [3.05, 3.63) is 65.6 Å². The maximum Gasteiger partial charge on any atom is 0.490 e. The van der Waals surface area contributed by atoms with Crippen LogP contribution in [-0.2, 0) is 16.1 Å². The molecule has 1 aliphatic heterocycles. The van der Waals surface area contributed by atoms with Crippen LogP contribution >= 0.6 is 0 Å². The van der Waals surface area contributed by atoms with E-state index in [1.54, 1.807) is 32.4 Å². The molecule has 4 rings (SSSR count). The topological polar surface area (TPSA) is 120 Å². The monoisotopic (exact) mass is 520 g/mol. The van der Waals surface area contributed by atoms with Gasteiger partial charge in [-0.25, -0.2) is 4.79 Å². The summed E-state index contributed by atoms with van der Waals surface area (Å²) in [7, 11) is 3.32. The summed E-state index contributed by atoms with van der Waals surface area (Å²) >= 11 is 0. The second-order valence-corrected chi connectivity index (χ2v) is 8.68. The third-order valence-corrected chi connectivity index (χ3v) is 5.72. The second-order valence-electron chi connectivity index (χ2n) is 8.68. The molecule has 0 saturated carbocycles. The highest BCUT2D eigenvalue weighted by Crippen LogP contribution is 2.27. The number of hydrogen-bond donors (Lipinski definition) is 2. The zero-order valence-electron chi connectivity index (χ0n) is 20.3. The van der Waals surface area contributed by atoms with E-state index in [2.05, 4.69) is 44.7 Å². The van der Waals surface area contributed by atoms with Crippen LogP contribution in [0.5, 0.6) is 0 Å². The number of carbonyl (C=O) groups is 3. The molecule has 1 aliphatic rings. The highest BCUT2D eigenvalue weighted by Gasteiger charge is 2.38. The number of halogens is 3. The van der Waals surface area contributed by atoms with Gasteiger partial charge in [-0.15, -0.1) is 10.2 Å². The number of carboxylic acid groups (broad SMARTS) is 1. The molecule has 2 amide bonds. The number of likely N-dealkylation sites (tertiary alicyclic amines) is 1. The third kappa shape index (κ3) is 7.49. The Bertz CT molecular complexity index is 1250. The van der Waals surface area contributed by atoms with Crippen LogP contribution in [-0.4, -0.2) is 87.2 Å². The lowest BCUT2D eigenvalue weighted by Crippen LogP contribution is -2.36. The predicted octanol–water partition coefficient (Wildman–Crippen LogP) is 2.17. The quantitative estimate of drug-likeness (QED) is 0.511. The summed E-state index contributed by atoms with van der Waals surface area (Å²) < 4.78 is 33.6. The summed E-state index contributed by atoms with van der Waals surface area (Å²) in [6.45, 7) is 2.79. The number of nitrogens with zero attached hydrogens (tertiary/aromatic N) is 5. The first-order chi connectivity index (χ1) is 17.5. The number of aliphatic carboxylic acids is 1. The van der Waals surface area contributed by atoms with Crippen LogP contribution in [0, 0.1) is 0 Å². The van der Waals surface area contributed by atoms with E-state index >= 15 is 0 Å². The van der Waals surface area contributed by atoms with Gasteiger partial charge < -0.3 is 15.3 Å². The van der Waals surface area contributed by atoms with Crippen molar-refractivity contribution in [3.63, 3.8) is 0 Å². The van der Waals surface area contributed by atoms with E-state index in [1.165, 1.54) is 10.5 Å². The van der Waals surface area contributed by atoms with Gasteiger partial charge in [0.25, 0.3) is 5.91 Å². The Morgan fingerprint density at radius 1 is 1.11 bits per heavy atom. The van der Waals surface area contributed by atoms with Crippen molar-refractivity contribution in [1.82, 2.24) is 29.7 Å². The third-order valence-electron chi connectivity index (χ3n) is 5.72. The minimum Gasteiger partial charge on any atom is -0.475 e. The summed E-state index contributed by atoms with van der Waals surface area (Å²) in [6.07, 6.45) is -2.32. The number of nitrogens with one attached hydrogen (secondary N) is 1. The molecule has 0 aliphatic carbocycles. The Morgan fingerprint density at radius 2 is 1.78 bits per heavy atom. The summed E-state index contributed by atoms with van der Waals surface area (Å²) in [6, 6.07) is 13.9. The fraction of sp³-hybridized carbons (Fsp3) is 0.375. The second kappa shape index (κ2) is 11.8. The minimum absolute atomic E-state index is 0.0318. The number of aromatic nitrogens is 3. The van der Waals surface area contributed by atoms with Crippen LogP contribution < -0.4 is 5.32 Å². The molecule has 3 aromatic rings. The maximum absolute atomic E-state index is 12.5. The average molecular weight is 521 g/mol. The summed E-state index contributed by atoms with van der Waals surface area (Å²) in [5.41, 5.74) is 2.50. The first-order valence-electron chi connectivity index (χ1n) is 11.3. The van der Waals surface area contributed by atoms with Crippen molar-refractivity contribution in [2.24, 2.45) is 0 Å². The number of alkyl halides is 3. The summed E-state index contributed by atoms with van der Waals surface area (Å²) in [5, 5.41) is 18.5. The normalized spacial score (nSPS) is 15.6. The van der Waals surface area contributed by atoms with Crippen LogP contribution in [0.4, 0.5) is 13.2 Å². The fourth-order valence-electron chi connectivity index (χ4n) is 3.77. The first kappa shape index (κ1) is 27.6. The number of pyridine rings is 1. The molecule has 198 valence electrons. The Hall–Kier alpha value is -4.00. The Kier molecular flexibility index (Phi) is 8.81. The molecule has 1 atom stereocenters. The van der Waals surface area contributed by atoms with E-state index in [0.717, 1.165) is 31.9 Å². The molecule has 0 radical (unpaired) electrons. The molecule has 0 bridgehead atoms. The van der Waals surface area contributed by atoms with Crippen LogP contribution in [0.15, 0.2) is 48.7 Å². The maximum atomic E-state index is 12.5. The lowest BCUT2D eigenvalue weighted by atomic mass is 10.1. The molecule has 2 N–H and O–H groups in total. The lowest BCUT2D eigenvalue weighted by Gasteiger charge is -2.15. The number of benzene rings is 1. The summed E-state index contributed by atoms with van der Waals surface area (Å²) in [5.74, 6) is -2.06. The van der Waals surface area contributed by atoms with Gasteiger partial charge in [-0.2, -0.15) is 13.2 Å². The largest absolute Gasteiger partial charge is 0.490 e. The van der Waals surface area contributed by atoms with Gasteiger partial charge in [0, 0.05) is 39.3 Å². The standard InChI is InChI=1S/C22H26N6O2.C2HF3O2/c1-26(2)20(29)12-23-22(30)18-8-9-19-24-25-21(28(19)15-18)17-10-11-27(14-17)13-16-6-4-3-5-7-16;3-2(4,5)1(6)7/h3-9,15,17H,10-14H2,1-2H3,(H,23,30);(H,6,7). The van der Waals surface area contributed by atoms with Crippen LogP contribution in [0.2, 0.25) is 0 Å². The number of fused-ring (bicyclic) bond motifs is 1. The highest BCUT2D eigenvalue weighted by atomic mass is 19.4. The van der Waals surface area contributed by atoms with Gasteiger partial charge in [0.05, 0.1) is 12.1 Å². The minimum atomic E-state index is -5.08. The lowest BCUT2D eigenvalue weighted by molar-refractivity contribution is -0.192. The van der Waals surface area contributed by atoms with Gasteiger partial charge >= 0.3 is 12.1 Å². The van der Waals surface area contributed by atoms with Gasteiger partial charge in [0.2, 0.25) is 5.91 Å². The Morgan fingerprint density at radius 3 is 2.41 bits per heavy atom. The molecule has 1 unspecified atom stereocenters. The van der Waals surface area contributed by atoms with E-state index in [-0.39, 0.29) is 24.3 Å². The molecule has 1 saturated heterocycles. The molecule has 2 aromatic heterocycles. The first-order valence-corrected chi connectivity index (χ1v) is 11.3. The van der Waals surface area contributed by atoms with Gasteiger partial charge in [-0.3, -0.25) is 18.9 Å². The molecule has 1 fully saturated rings. The number of carbonyl (C=O) groups excluding carboxylic acids is 2. The number of carboxylic acids is 1. The van der Waals surface area contributed by atoms with Crippen LogP contribution in [0.3, 0.4) is 0 Å². The smallest absolute Gasteiger partial charge is 0.475 e. The van der Waals surface area contributed by atoms with Crippen LogP contribution in [0.1, 0.15) is 34.1 Å². The zero-order valence-corrected chi connectivity index (χ0v) is 20.3. The number of likely N-dealkylation sites (N-methyl/N-ethyl adjacent to an activating group) is 1. The van der Waals surface area contributed by atoms with Crippen LogP contribution in [0.25, 0.3) is 5.65 Å². The number of rotatable bonds is 6. The van der Waals surface area contributed by atoms with E-state index in [9.17, 15) is 22.8 Å². The molecule has 10 nitrogen and oxygen atoms in total. The van der Waals surface area contributed by atoms with Gasteiger partial charge in [0.1, 0.15) is 5.82 Å². The van der Waals surface area contributed by atoms with E-state index in [0.29, 0.717) is 11.2 Å². The van der Waals surface area contributed by atoms with Crippen molar-refractivity contribution < 1.29 is 32.7 Å². The summed E-state index contributed by atoms with van der Waals surface area (Å²) in [4.78, 5) is 37.0. The van der Waals surface area contributed by atoms with Crippen molar-refractivity contribution in [2.75, 3.05) is 33.7 Å². The van der Waals surface area contributed by atoms with Crippen molar-refractivity contribution in [3.8, 4) is 0 Å². The fourth-order valence-corrected chi connectivity index (χ4v) is 3.77. The number of amides is 2. The van der Waals surface area contributed by atoms with Crippen molar-refractivity contribution >= 4 is 23.4 Å². The molecule has 3 heterocycles. The molecule has 13 heteroatoms. The van der Waals surface area contributed by atoms with E-state index < -0.39 is 12.1 Å². The van der Waals surface area contributed by atoms with Crippen molar-refractivity contribution in [1.29, 1.82) is 0 Å². The molecule has 1 aromatic carbocycles. The van der Waals surface area contributed by atoms with Gasteiger partial charge in [-0.1, -0.05) is 30.3 Å². The molecule has 0 spiro atoms. The Balaban J connectivity index is 0.000000479. The van der Waals surface area contributed by atoms with E-state index in [4.69, 9.17) is 9.90 Å². The molecular formula is C24H27F3N6O4. The van der Waals surface area contributed by atoms with E-state index in [1.807, 2.05) is 10.5 Å². The zero-order chi connectivity index (χ0) is 27.2. The van der Waals surface area contributed by atoms with Crippen molar-refractivity contribution in [2.45, 2.75) is 25.1 Å². The van der Waals surface area contributed by atoms with Gasteiger partial charge in [0.15, 0.2) is 5.65 Å². The average Bonchev–Trinajstić information content (AvgIpc) is 3.49. The number of hydrogen-bond acceptors (Lipinski definition) is 6. The highest BCUT2D eigenvalue weighted by molar-refractivity contribution is 5.96. The SMILES string of the molecule is CN(C)C(=O)CNC(=O)c1ccc2nnc(C3CCN(Cc4ccccc4)C3)n2c1.O=C(O)C(F)(F)F.